The fourth-order valence-electron chi connectivity index (χ4n) is 2.94. The van der Waals surface area contributed by atoms with Gasteiger partial charge in [0.05, 0.1) is 17.7 Å². The first-order valence-corrected chi connectivity index (χ1v) is 9.44. The first-order chi connectivity index (χ1) is 12.5. The highest BCUT2D eigenvalue weighted by atomic mass is 32.2. The number of nitrogens with one attached hydrogen (secondary N) is 1. The second-order valence-electron chi connectivity index (χ2n) is 6.13. The summed E-state index contributed by atoms with van der Waals surface area (Å²) in [7, 11) is -3.91. The van der Waals surface area contributed by atoms with Crippen LogP contribution in [0, 0.1) is 0 Å². The SMILES string of the molecule is NS(=O)(=O)N1CCc2ccc(NC(=O)Cc3cccc(C(F)(F)F)c3)cc21. The Morgan fingerprint density at radius 3 is 2.59 bits per heavy atom. The van der Waals surface area contributed by atoms with Crippen molar-refractivity contribution in [3.8, 4) is 0 Å². The van der Waals surface area contributed by atoms with Gasteiger partial charge in [-0.1, -0.05) is 24.3 Å². The largest absolute Gasteiger partial charge is 0.416 e. The van der Waals surface area contributed by atoms with E-state index in [-0.39, 0.29) is 18.5 Å². The number of nitrogens with two attached hydrogens (primary N) is 1. The summed E-state index contributed by atoms with van der Waals surface area (Å²) >= 11 is 0. The lowest BCUT2D eigenvalue weighted by Gasteiger charge is -2.16. The van der Waals surface area contributed by atoms with Crippen molar-refractivity contribution >= 4 is 27.5 Å². The van der Waals surface area contributed by atoms with Crippen molar-refractivity contribution in [1.82, 2.24) is 0 Å². The predicted octanol–water partition coefficient (Wildman–Crippen LogP) is 2.45. The van der Waals surface area contributed by atoms with Crippen molar-refractivity contribution in [3.63, 3.8) is 0 Å². The molecule has 3 N–H and O–H groups in total. The molecule has 0 unspecified atom stereocenters. The summed E-state index contributed by atoms with van der Waals surface area (Å²) in [6.45, 7) is 0.218. The van der Waals surface area contributed by atoms with Crippen LogP contribution in [0.15, 0.2) is 42.5 Å². The third-order valence-electron chi connectivity index (χ3n) is 4.15. The molecule has 0 saturated heterocycles. The number of fused-ring (bicyclic) bond motifs is 1. The van der Waals surface area contributed by atoms with Gasteiger partial charge in [0.1, 0.15) is 0 Å². The Hall–Kier alpha value is -2.59. The van der Waals surface area contributed by atoms with Crippen LogP contribution < -0.4 is 14.8 Å². The summed E-state index contributed by atoms with van der Waals surface area (Å²) in [5.74, 6) is -0.519. The molecule has 0 radical (unpaired) electrons. The van der Waals surface area contributed by atoms with Crippen molar-refractivity contribution in [1.29, 1.82) is 0 Å². The van der Waals surface area contributed by atoms with E-state index in [1.165, 1.54) is 18.2 Å². The first-order valence-electron chi connectivity index (χ1n) is 7.93. The summed E-state index contributed by atoms with van der Waals surface area (Å²) in [5.41, 5.74) is 0.888. The number of hydrogen-bond donors (Lipinski definition) is 2. The number of halogens is 3. The minimum absolute atomic E-state index is 0.217. The van der Waals surface area contributed by atoms with E-state index in [9.17, 15) is 26.4 Å². The summed E-state index contributed by atoms with van der Waals surface area (Å²) in [6.07, 6.45) is -4.23. The van der Waals surface area contributed by atoms with Gasteiger partial charge in [0.25, 0.3) is 10.2 Å². The van der Waals surface area contributed by atoms with Crippen molar-refractivity contribution in [3.05, 3.63) is 59.2 Å². The van der Waals surface area contributed by atoms with Gasteiger partial charge in [-0.05, 0) is 35.7 Å². The average Bonchev–Trinajstić information content (AvgIpc) is 2.97. The number of hydrogen-bond acceptors (Lipinski definition) is 3. The van der Waals surface area contributed by atoms with Crippen molar-refractivity contribution in [2.24, 2.45) is 5.14 Å². The van der Waals surface area contributed by atoms with Crippen LogP contribution in [-0.2, 0) is 34.0 Å². The first kappa shape index (κ1) is 19.2. The second-order valence-corrected chi connectivity index (χ2v) is 7.60. The third-order valence-corrected chi connectivity index (χ3v) is 5.14. The molecule has 2 aromatic rings. The molecule has 1 amide bonds. The van der Waals surface area contributed by atoms with Gasteiger partial charge in [-0.15, -0.1) is 0 Å². The Kier molecular flexibility index (Phi) is 4.87. The van der Waals surface area contributed by atoms with Crippen LogP contribution in [0.4, 0.5) is 24.5 Å². The fourth-order valence-corrected chi connectivity index (χ4v) is 3.73. The van der Waals surface area contributed by atoms with Crippen molar-refractivity contribution < 1.29 is 26.4 Å². The molecule has 3 rings (SSSR count). The molecule has 144 valence electrons. The van der Waals surface area contributed by atoms with E-state index in [0.29, 0.717) is 17.8 Å². The number of nitrogens with zero attached hydrogens (tertiary/aromatic N) is 1. The molecule has 6 nitrogen and oxygen atoms in total. The van der Waals surface area contributed by atoms with Crippen LogP contribution in [0.3, 0.4) is 0 Å². The average molecular weight is 399 g/mol. The lowest BCUT2D eigenvalue weighted by molar-refractivity contribution is -0.137. The van der Waals surface area contributed by atoms with E-state index >= 15 is 0 Å². The Labute approximate surface area is 154 Å². The second kappa shape index (κ2) is 6.86. The van der Waals surface area contributed by atoms with E-state index in [2.05, 4.69) is 5.32 Å². The van der Waals surface area contributed by atoms with E-state index < -0.39 is 27.9 Å². The zero-order valence-corrected chi connectivity index (χ0v) is 14.8. The Balaban J connectivity index is 1.74. The maximum Gasteiger partial charge on any atom is 0.416 e. The lowest BCUT2D eigenvalue weighted by atomic mass is 10.1. The zero-order valence-electron chi connectivity index (χ0n) is 14.0. The number of carbonyl (C=O) groups is 1. The molecule has 10 heteroatoms. The van der Waals surface area contributed by atoms with E-state index in [0.717, 1.165) is 22.0 Å². The van der Waals surface area contributed by atoms with E-state index in [1.54, 1.807) is 12.1 Å². The molecule has 1 aliphatic rings. The summed E-state index contributed by atoms with van der Waals surface area (Å²) < 4.78 is 62.5. The Morgan fingerprint density at radius 2 is 1.93 bits per heavy atom. The van der Waals surface area contributed by atoms with Crippen LogP contribution in [0.25, 0.3) is 0 Å². The lowest BCUT2D eigenvalue weighted by Crippen LogP contribution is -2.35. The van der Waals surface area contributed by atoms with Crippen LogP contribution in [0.2, 0.25) is 0 Å². The van der Waals surface area contributed by atoms with E-state index in [4.69, 9.17) is 5.14 Å². The summed E-state index contributed by atoms with van der Waals surface area (Å²) in [6, 6.07) is 9.30. The molecule has 0 spiro atoms. The van der Waals surface area contributed by atoms with Crippen LogP contribution in [0.5, 0.6) is 0 Å². The van der Waals surface area contributed by atoms with Gasteiger partial charge in [0, 0.05) is 12.2 Å². The van der Waals surface area contributed by atoms with Gasteiger partial charge in [-0.25, -0.2) is 5.14 Å². The molecule has 0 aromatic heterocycles. The standard InChI is InChI=1S/C17H16F3N3O3S/c18-17(19,20)13-3-1-2-11(8-13)9-16(24)22-14-5-4-12-6-7-23(15(12)10-14)27(21,25)26/h1-5,8,10H,6-7,9H2,(H,22,24)(H2,21,25,26). The topological polar surface area (TPSA) is 92.5 Å². The molecule has 1 aliphatic heterocycles. The zero-order chi connectivity index (χ0) is 19.8. The maximum absolute atomic E-state index is 12.7. The molecular formula is C17H16F3N3O3S. The number of benzene rings is 2. The van der Waals surface area contributed by atoms with Gasteiger partial charge >= 0.3 is 6.18 Å². The number of carbonyl (C=O) groups excluding carboxylic acids is 1. The minimum Gasteiger partial charge on any atom is -0.326 e. The predicted molar refractivity (Wildman–Crippen MR) is 94.4 cm³/mol. The Morgan fingerprint density at radius 1 is 1.19 bits per heavy atom. The monoisotopic (exact) mass is 399 g/mol. The van der Waals surface area contributed by atoms with Crippen molar-refractivity contribution in [2.75, 3.05) is 16.2 Å². The quantitative estimate of drug-likeness (QED) is 0.827. The van der Waals surface area contributed by atoms with Gasteiger partial charge < -0.3 is 5.32 Å². The molecule has 0 saturated carbocycles. The number of anilines is 2. The molecule has 0 atom stereocenters. The van der Waals surface area contributed by atoms with Gasteiger partial charge in [-0.3, -0.25) is 9.10 Å². The Bertz CT molecular complexity index is 990. The highest BCUT2D eigenvalue weighted by Gasteiger charge is 2.30. The highest BCUT2D eigenvalue weighted by Crippen LogP contribution is 2.32. The van der Waals surface area contributed by atoms with Crippen LogP contribution in [0.1, 0.15) is 16.7 Å². The molecule has 0 bridgehead atoms. The molecule has 0 fully saturated rings. The van der Waals surface area contributed by atoms with Crippen LogP contribution in [-0.4, -0.2) is 20.9 Å². The molecule has 0 aliphatic carbocycles. The number of alkyl halides is 3. The maximum atomic E-state index is 12.7. The van der Waals surface area contributed by atoms with Gasteiger partial charge in [0.2, 0.25) is 5.91 Å². The minimum atomic E-state index is -4.48. The summed E-state index contributed by atoms with van der Waals surface area (Å²) in [5, 5.41) is 7.75. The smallest absolute Gasteiger partial charge is 0.326 e. The molecular weight excluding hydrogens is 383 g/mol. The number of amides is 1. The molecule has 27 heavy (non-hydrogen) atoms. The molecule has 2 aromatic carbocycles. The number of rotatable bonds is 4. The van der Waals surface area contributed by atoms with Crippen LogP contribution >= 0.6 is 0 Å². The third kappa shape index (κ3) is 4.40. The van der Waals surface area contributed by atoms with E-state index in [1.807, 2.05) is 0 Å². The fraction of sp³-hybridized carbons (Fsp3) is 0.235. The summed E-state index contributed by atoms with van der Waals surface area (Å²) in [4.78, 5) is 12.2. The molecule has 1 heterocycles. The van der Waals surface area contributed by atoms with Gasteiger partial charge in [0.15, 0.2) is 0 Å². The normalized spacial score (nSPS) is 14.1. The van der Waals surface area contributed by atoms with Gasteiger partial charge in [-0.2, -0.15) is 21.6 Å². The van der Waals surface area contributed by atoms with Crippen molar-refractivity contribution in [2.45, 2.75) is 19.0 Å². The highest BCUT2D eigenvalue weighted by molar-refractivity contribution is 7.90.